The first-order valence-electron chi connectivity index (χ1n) is 7.49. The SMILES string of the molecule is CCC(CC)CC(N)C1(OC)CCCCCC1. The highest BCUT2D eigenvalue weighted by Crippen LogP contribution is 2.35. The molecule has 0 aromatic heterocycles. The van der Waals surface area contributed by atoms with Crippen molar-refractivity contribution >= 4 is 0 Å². The van der Waals surface area contributed by atoms with E-state index in [4.69, 9.17) is 10.5 Å². The second-order valence-electron chi connectivity index (χ2n) is 5.71. The third kappa shape index (κ3) is 3.96. The average molecular weight is 241 g/mol. The van der Waals surface area contributed by atoms with Gasteiger partial charge >= 0.3 is 0 Å². The van der Waals surface area contributed by atoms with E-state index in [0.717, 1.165) is 25.2 Å². The summed E-state index contributed by atoms with van der Waals surface area (Å²) < 4.78 is 5.89. The highest BCUT2D eigenvalue weighted by atomic mass is 16.5. The van der Waals surface area contributed by atoms with Gasteiger partial charge in [-0.25, -0.2) is 0 Å². The molecule has 0 aromatic rings. The maximum absolute atomic E-state index is 6.49. The van der Waals surface area contributed by atoms with Crippen LogP contribution in [0.3, 0.4) is 0 Å². The molecule has 1 aliphatic carbocycles. The Balaban J connectivity index is 2.63. The van der Waals surface area contributed by atoms with Crippen molar-refractivity contribution in [2.24, 2.45) is 11.7 Å². The standard InChI is InChI=1S/C15H31NO/c1-4-13(5-2)12-14(16)15(17-3)10-8-6-7-9-11-15/h13-14H,4-12,16H2,1-3H3. The van der Waals surface area contributed by atoms with Gasteiger partial charge in [-0.1, -0.05) is 52.4 Å². The molecule has 1 aliphatic rings. The fraction of sp³-hybridized carbons (Fsp3) is 1.00. The lowest BCUT2D eigenvalue weighted by atomic mass is 9.80. The third-order valence-corrected chi connectivity index (χ3v) is 4.77. The second kappa shape index (κ2) is 7.38. The lowest BCUT2D eigenvalue weighted by molar-refractivity contribution is -0.0485. The minimum absolute atomic E-state index is 0.0287. The summed E-state index contributed by atoms with van der Waals surface area (Å²) in [6.45, 7) is 4.54. The molecule has 2 heteroatoms. The Labute approximate surface area is 107 Å². The Morgan fingerprint density at radius 3 is 2.00 bits per heavy atom. The Hall–Kier alpha value is -0.0800. The first-order valence-corrected chi connectivity index (χ1v) is 7.49. The van der Waals surface area contributed by atoms with E-state index >= 15 is 0 Å². The van der Waals surface area contributed by atoms with Crippen molar-refractivity contribution in [2.45, 2.75) is 83.3 Å². The monoisotopic (exact) mass is 241 g/mol. The predicted molar refractivity (Wildman–Crippen MR) is 74.1 cm³/mol. The molecule has 0 radical (unpaired) electrons. The van der Waals surface area contributed by atoms with Crippen LogP contribution in [0.1, 0.15) is 71.6 Å². The minimum Gasteiger partial charge on any atom is -0.377 e. The highest BCUT2D eigenvalue weighted by molar-refractivity contribution is 4.93. The lowest BCUT2D eigenvalue weighted by Gasteiger charge is -2.38. The van der Waals surface area contributed by atoms with Crippen LogP contribution in [0.2, 0.25) is 0 Å². The molecule has 0 saturated heterocycles. The van der Waals surface area contributed by atoms with Crippen molar-refractivity contribution in [1.29, 1.82) is 0 Å². The summed E-state index contributed by atoms with van der Waals surface area (Å²) in [5.41, 5.74) is 6.46. The number of rotatable bonds is 6. The fourth-order valence-corrected chi connectivity index (χ4v) is 3.25. The molecule has 17 heavy (non-hydrogen) atoms. The molecule has 0 aromatic carbocycles. The summed E-state index contributed by atoms with van der Waals surface area (Å²) in [4.78, 5) is 0. The van der Waals surface area contributed by atoms with Gasteiger partial charge in [-0.05, 0) is 25.2 Å². The lowest BCUT2D eigenvalue weighted by Crippen LogP contribution is -2.50. The zero-order valence-corrected chi connectivity index (χ0v) is 12.0. The van der Waals surface area contributed by atoms with Crippen LogP contribution in [-0.2, 0) is 4.74 Å². The van der Waals surface area contributed by atoms with E-state index in [1.807, 2.05) is 7.11 Å². The maximum atomic E-state index is 6.49. The third-order valence-electron chi connectivity index (χ3n) is 4.77. The van der Waals surface area contributed by atoms with Crippen molar-refractivity contribution in [1.82, 2.24) is 0 Å². The first kappa shape index (κ1) is 15.0. The molecule has 0 amide bonds. The van der Waals surface area contributed by atoms with Crippen LogP contribution in [-0.4, -0.2) is 18.8 Å². The van der Waals surface area contributed by atoms with Gasteiger partial charge in [0.2, 0.25) is 0 Å². The smallest absolute Gasteiger partial charge is 0.0828 e. The summed E-state index contributed by atoms with van der Waals surface area (Å²) in [5, 5.41) is 0. The first-order chi connectivity index (χ1) is 8.18. The van der Waals surface area contributed by atoms with E-state index in [1.54, 1.807) is 0 Å². The molecule has 0 bridgehead atoms. The molecule has 1 rings (SSSR count). The van der Waals surface area contributed by atoms with Crippen molar-refractivity contribution in [2.75, 3.05) is 7.11 Å². The molecular formula is C15H31NO. The molecular weight excluding hydrogens is 210 g/mol. The van der Waals surface area contributed by atoms with Gasteiger partial charge in [0.1, 0.15) is 0 Å². The van der Waals surface area contributed by atoms with Gasteiger partial charge in [0.25, 0.3) is 0 Å². The van der Waals surface area contributed by atoms with Crippen LogP contribution in [0, 0.1) is 5.92 Å². The molecule has 1 saturated carbocycles. The minimum atomic E-state index is -0.0287. The van der Waals surface area contributed by atoms with E-state index in [1.165, 1.54) is 38.5 Å². The zero-order valence-electron chi connectivity index (χ0n) is 12.0. The normalized spacial score (nSPS) is 22.4. The van der Waals surface area contributed by atoms with Crippen LogP contribution in [0.4, 0.5) is 0 Å². The summed E-state index contributed by atoms with van der Waals surface area (Å²) in [7, 11) is 1.86. The highest BCUT2D eigenvalue weighted by Gasteiger charge is 2.37. The molecule has 0 spiro atoms. The Morgan fingerprint density at radius 1 is 1.06 bits per heavy atom. The van der Waals surface area contributed by atoms with E-state index < -0.39 is 0 Å². The molecule has 0 aliphatic heterocycles. The van der Waals surface area contributed by atoms with E-state index in [9.17, 15) is 0 Å². The van der Waals surface area contributed by atoms with Gasteiger partial charge in [-0.15, -0.1) is 0 Å². The summed E-state index contributed by atoms with van der Waals surface area (Å²) in [6.07, 6.45) is 11.2. The van der Waals surface area contributed by atoms with Crippen molar-refractivity contribution in [3.8, 4) is 0 Å². The Morgan fingerprint density at radius 2 is 1.59 bits per heavy atom. The number of ether oxygens (including phenoxy) is 1. The van der Waals surface area contributed by atoms with Gasteiger partial charge in [-0.2, -0.15) is 0 Å². The van der Waals surface area contributed by atoms with Gasteiger partial charge in [0.15, 0.2) is 0 Å². The van der Waals surface area contributed by atoms with Crippen LogP contribution in [0.25, 0.3) is 0 Å². The quantitative estimate of drug-likeness (QED) is 0.716. The van der Waals surface area contributed by atoms with Gasteiger partial charge in [0.05, 0.1) is 5.60 Å². The summed E-state index contributed by atoms with van der Waals surface area (Å²) in [5.74, 6) is 0.764. The number of methoxy groups -OCH3 is 1. The van der Waals surface area contributed by atoms with Gasteiger partial charge < -0.3 is 10.5 Å². The molecule has 1 unspecified atom stereocenters. The van der Waals surface area contributed by atoms with Crippen molar-refractivity contribution in [3.05, 3.63) is 0 Å². The molecule has 2 N–H and O–H groups in total. The summed E-state index contributed by atoms with van der Waals surface area (Å²) in [6, 6.07) is 0.218. The zero-order chi connectivity index (χ0) is 12.7. The van der Waals surface area contributed by atoms with Crippen molar-refractivity contribution in [3.63, 3.8) is 0 Å². The fourth-order valence-electron chi connectivity index (χ4n) is 3.25. The molecule has 2 nitrogen and oxygen atoms in total. The largest absolute Gasteiger partial charge is 0.377 e. The number of hydrogen-bond acceptors (Lipinski definition) is 2. The molecule has 1 atom stereocenters. The Kier molecular flexibility index (Phi) is 6.50. The van der Waals surface area contributed by atoms with Crippen LogP contribution in [0.15, 0.2) is 0 Å². The van der Waals surface area contributed by atoms with Gasteiger partial charge in [-0.3, -0.25) is 0 Å². The Bertz CT molecular complexity index is 193. The predicted octanol–water partition coefficient (Wildman–Crippen LogP) is 3.88. The van der Waals surface area contributed by atoms with E-state index in [2.05, 4.69) is 13.8 Å². The molecule has 0 heterocycles. The topological polar surface area (TPSA) is 35.2 Å². The maximum Gasteiger partial charge on any atom is 0.0828 e. The van der Waals surface area contributed by atoms with Crippen LogP contribution >= 0.6 is 0 Å². The molecule has 102 valence electrons. The number of nitrogens with two attached hydrogens (primary N) is 1. The second-order valence-corrected chi connectivity index (χ2v) is 5.71. The van der Waals surface area contributed by atoms with E-state index in [-0.39, 0.29) is 11.6 Å². The summed E-state index contributed by atoms with van der Waals surface area (Å²) >= 11 is 0. The van der Waals surface area contributed by atoms with Crippen LogP contribution < -0.4 is 5.73 Å². The molecule has 1 fully saturated rings. The van der Waals surface area contributed by atoms with Gasteiger partial charge in [0, 0.05) is 13.2 Å². The average Bonchev–Trinajstić information content (AvgIpc) is 2.61. The van der Waals surface area contributed by atoms with E-state index in [0.29, 0.717) is 0 Å². The number of hydrogen-bond donors (Lipinski definition) is 1. The van der Waals surface area contributed by atoms with Crippen molar-refractivity contribution < 1.29 is 4.74 Å². The van der Waals surface area contributed by atoms with Crippen LogP contribution in [0.5, 0.6) is 0 Å².